The van der Waals surface area contributed by atoms with Crippen molar-refractivity contribution in [2.45, 2.75) is 25.3 Å². The lowest BCUT2D eigenvalue weighted by Crippen LogP contribution is -2.41. The van der Waals surface area contributed by atoms with Crippen molar-refractivity contribution in [1.82, 2.24) is 0 Å². The van der Waals surface area contributed by atoms with Crippen molar-refractivity contribution in [1.29, 1.82) is 0 Å². The smallest absolute Gasteiger partial charge is 0.337 e. The van der Waals surface area contributed by atoms with Crippen LogP contribution in [-0.2, 0) is 4.74 Å². The van der Waals surface area contributed by atoms with Crippen LogP contribution in [0.4, 0.5) is 5.69 Å². The zero-order valence-electron chi connectivity index (χ0n) is 9.90. The number of para-hydroxylation sites is 1. The third-order valence-electron chi connectivity index (χ3n) is 3.19. The number of benzene rings is 1. The van der Waals surface area contributed by atoms with Crippen LogP contribution in [0, 0.1) is 0 Å². The van der Waals surface area contributed by atoms with Gasteiger partial charge in [0, 0.05) is 24.4 Å². The Labute approximate surface area is 101 Å². The van der Waals surface area contributed by atoms with Gasteiger partial charge in [-0.3, -0.25) is 0 Å². The van der Waals surface area contributed by atoms with E-state index in [1.165, 1.54) is 0 Å². The minimum atomic E-state index is -0.899. The number of ether oxygens (including phenoxy) is 1. The number of nitrogens with one attached hydrogen (secondary N) is 1. The van der Waals surface area contributed by atoms with E-state index >= 15 is 0 Å². The lowest BCUT2D eigenvalue weighted by atomic mass is 9.91. The molecule has 2 rings (SSSR count). The van der Waals surface area contributed by atoms with Gasteiger partial charge in [-0.1, -0.05) is 12.1 Å². The average Bonchev–Trinajstić information content (AvgIpc) is 2.29. The summed E-state index contributed by atoms with van der Waals surface area (Å²) in [6.45, 7) is 3.55. The van der Waals surface area contributed by atoms with Gasteiger partial charge in [0.25, 0.3) is 0 Å². The number of hydrogen-bond donors (Lipinski definition) is 2. The van der Waals surface area contributed by atoms with E-state index in [0.29, 0.717) is 11.3 Å². The topological polar surface area (TPSA) is 58.6 Å². The fraction of sp³-hybridized carbons (Fsp3) is 0.462. The van der Waals surface area contributed by atoms with Crippen LogP contribution >= 0.6 is 0 Å². The standard InChI is InChI=1S/C13H17NO3/c1-13(6-8-17-9-7-13)14-11-5-3-2-4-10(11)12(15)16/h2-5,14H,6-9H2,1H3,(H,15,16). The number of hydrogen-bond acceptors (Lipinski definition) is 3. The van der Waals surface area contributed by atoms with Crippen molar-refractivity contribution >= 4 is 11.7 Å². The average molecular weight is 235 g/mol. The quantitative estimate of drug-likeness (QED) is 0.844. The Bertz CT molecular complexity index is 411. The van der Waals surface area contributed by atoms with Crippen molar-refractivity contribution < 1.29 is 14.6 Å². The summed E-state index contributed by atoms with van der Waals surface area (Å²) >= 11 is 0. The first-order valence-corrected chi connectivity index (χ1v) is 5.79. The zero-order chi connectivity index (χ0) is 12.3. The molecule has 1 aliphatic rings. The second-order valence-electron chi connectivity index (χ2n) is 4.65. The van der Waals surface area contributed by atoms with Crippen LogP contribution in [0.15, 0.2) is 24.3 Å². The molecule has 4 nitrogen and oxygen atoms in total. The minimum absolute atomic E-state index is 0.0796. The molecular formula is C13H17NO3. The van der Waals surface area contributed by atoms with Crippen molar-refractivity contribution in [3.05, 3.63) is 29.8 Å². The van der Waals surface area contributed by atoms with Crippen LogP contribution in [-0.4, -0.2) is 29.8 Å². The molecule has 1 aromatic carbocycles. The van der Waals surface area contributed by atoms with Gasteiger partial charge in [-0.2, -0.15) is 0 Å². The second-order valence-corrected chi connectivity index (χ2v) is 4.65. The van der Waals surface area contributed by atoms with Crippen LogP contribution in [0.5, 0.6) is 0 Å². The molecule has 1 aliphatic heterocycles. The van der Waals surface area contributed by atoms with Crippen molar-refractivity contribution in [2.75, 3.05) is 18.5 Å². The molecule has 1 heterocycles. The molecule has 0 aliphatic carbocycles. The third-order valence-corrected chi connectivity index (χ3v) is 3.19. The highest BCUT2D eigenvalue weighted by atomic mass is 16.5. The van der Waals surface area contributed by atoms with Gasteiger partial charge in [-0.25, -0.2) is 4.79 Å². The van der Waals surface area contributed by atoms with Crippen LogP contribution < -0.4 is 5.32 Å². The van der Waals surface area contributed by atoms with Crippen LogP contribution in [0.25, 0.3) is 0 Å². The number of anilines is 1. The Morgan fingerprint density at radius 3 is 2.65 bits per heavy atom. The Morgan fingerprint density at radius 1 is 1.35 bits per heavy atom. The monoisotopic (exact) mass is 235 g/mol. The molecule has 92 valence electrons. The second kappa shape index (κ2) is 4.75. The largest absolute Gasteiger partial charge is 0.478 e. The number of carboxylic acid groups (broad SMARTS) is 1. The van der Waals surface area contributed by atoms with E-state index in [4.69, 9.17) is 9.84 Å². The molecule has 1 fully saturated rings. The maximum absolute atomic E-state index is 11.1. The van der Waals surface area contributed by atoms with E-state index in [-0.39, 0.29) is 5.54 Å². The molecule has 0 atom stereocenters. The molecule has 4 heteroatoms. The fourth-order valence-corrected chi connectivity index (χ4v) is 2.05. The Kier molecular flexibility index (Phi) is 3.33. The first kappa shape index (κ1) is 11.9. The summed E-state index contributed by atoms with van der Waals surface area (Å²) < 4.78 is 5.32. The van der Waals surface area contributed by atoms with Gasteiger partial charge in [-0.15, -0.1) is 0 Å². The lowest BCUT2D eigenvalue weighted by molar-refractivity contribution is 0.0655. The molecule has 2 N–H and O–H groups in total. The van der Waals surface area contributed by atoms with E-state index < -0.39 is 5.97 Å². The molecule has 1 saturated heterocycles. The van der Waals surface area contributed by atoms with Crippen LogP contribution in [0.3, 0.4) is 0 Å². The third kappa shape index (κ3) is 2.77. The van der Waals surface area contributed by atoms with Gasteiger partial charge in [0.2, 0.25) is 0 Å². The zero-order valence-corrected chi connectivity index (χ0v) is 9.90. The molecule has 0 radical (unpaired) electrons. The Balaban J connectivity index is 2.20. The highest BCUT2D eigenvalue weighted by Crippen LogP contribution is 2.27. The van der Waals surface area contributed by atoms with Gasteiger partial charge >= 0.3 is 5.97 Å². The normalized spacial score (nSPS) is 18.6. The summed E-state index contributed by atoms with van der Waals surface area (Å²) in [5.41, 5.74) is 0.925. The maximum atomic E-state index is 11.1. The van der Waals surface area contributed by atoms with E-state index in [0.717, 1.165) is 26.1 Å². The number of carbonyl (C=O) groups is 1. The highest BCUT2D eigenvalue weighted by molar-refractivity contribution is 5.94. The summed E-state index contributed by atoms with van der Waals surface area (Å²) in [7, 11) is 0. The van der Waals surface area contributed by atoms with Crippen molar-refractivity contribution in [3.8, 4) is 0 Å². The summed E-state index contributed by atoms with van der Waals surface area (Å²) in [6.07, 6.45) is 1.78. The van der Waals surface area contributed by atoms with Gasteiger partial charge in [0.15, 0.2) is 0 Å². The fourth-order valence-electron chi connectivity index (χ4n) is 2.05. The molecule has 0 amide bonds. The van der Waals surface area contributed by atoms with E-state index in [2.05, 4.69) is 12.2 Å². The van der Waals surface area contributed by atoms with Crippen LogP contribution in [0.2, 0.25) is 0 Å². The lowest BCUT2D eigenvalue weighted by Gasteiger charge is -2.35. The molecule has 0 unspecified atom stereocenters. The van der Waals surface area contributed by atoms with Crippen molar-refractivity contribution in [2.24, 2.45) is 0 Å². The summed E-state index contributed by atoms with van der Waals surface area (Å²) in [5, 5.41) is 12.5. The van der Waals surface area contributed by atoms with E-state index in [1.807, 2.05) is 12.1 Å². The number of carboxylic acids is 1. The van der Waals surface area contributed by atoms with Crippen LogP contribution in [0.1, 0.15) is 30.1 Å². The van der Waals surface area contributed by atoms with Gasteiger partial charge in [0.1, 0.15) is 0 Å². The minimum Gasteiger partial charge on any atom is -0.478 e. The number of rotatable bonds is 3. The van der Waals surface area contributed by atoms with Crippen molar-refractivity contribution in [3.63, 3.8) is 0 Å². The predicted octanol–water partition coefficient (Wildman–Crippen LogP) is 2.37. The van der Waals surface area contributed by atoms with E-state index in [1.54, 1.807) is 12.1 Å². The van der Waals surface area contributed by atoms with E-state index in [9.17, 15) is 4.79 Å². The van der Waals surface area contributed by atoms with Gasteiger partial charge in [-0.05, 0) is 31.9 Å². The summed E-state index contributed by atoms with van der Waals surface area (Å²) in [5.74, 6) is -0.899. The molecule has 17 heavy (non-hydrogen) atoms. The summed E-state index contributed by atoms with van der Waals surface area (Å²) in [6, 6.07) is 7.01. The number of aromatic carboxylic acids is 1. The first-order valence-electron chi connectivity index (χ1n) is 5.79. The summed E-state index contributed by atoms with van der Waals surface area (Å²) in [4.78, 5) is 11.1. The van der Waals surface area contributed by atoms with Gasteiger partial charge < -0.3 is 15.2 Å². The predicted molar refractivity (Wildman–Crippen MR) is 65.5 cm³/mol. The van der Waals surface area contributed by atoms with Gasteiger partial charge in [0.05, 0.1) is 5.56 Å². The molecule has 0 bridgehead atoms. The Morgan fingerprint density at radius 2 is 2.00 bits per heavy atom. The first-order chi connectivity index (χ1) is 8.11. The molecular weight excluding hydrogens is 218 g/mol. The molecule has 0 saturated carbocycles. The molecule has 1 aromatic rings. The SMILES string of the molecule is CC1(Nc2ccccc2C(=O)O)CCOCC1. The maximum Gasteiger partial charge on any atom is 0.337 e. The Hall–Kier alpha value is -1.55. The molecule has 0 aromatic heterocycles. The molecule has 0 spiro atoms. The highest BCUT2D eigenvalue weighted by Gasteiger charge is 2.28.